The fourth-order valence-corrected chi connectivity index (χ4v) is 3.87. The normalized spacial score (nSPS) is 17.1. The van der Waals surface area contributed by atoms with Gasteiger partial charge >= 0.3 is 0 Å². The summed E-state index contributed by atoms with van der Waals surface area (Å²) < 4.78 is 12.3. The second-order valence-electron chi connectivity index (χ2n) is 3.83. The van der Waals surface area contributed by atoms with Crippen LogP contribution in [-0.4, -0.2) is 33.8 Å². The Morgan fingerprint density at radius 2 is 2.06 bits per heavy atom. The quantitative estimate of drug-likeness (QED) is 0.836. The minimum Gasteiger partial charge on any atom is -0.389 e. The summed E-state index contributed by atoms with van der Waals surface area (Å²) in [6.45, 7) is 1.58. The summed E-state index contributed by atoms with van der Waals surface area (Å²) in [4.78, 5) is 2.58. The largest absolute Gasteiger partial charge is 0.389 e. The molecule has 6 heteroatoms. The zero-order valence-corrected chi connectivity index (χ0v) is 12.4. The second kappa shape index (κ2) is 5.46. The molecule has 3 nitrogen and oxygen atoms in total. The summed E-state index contributed by atoms with van der Waals surface area (Å²) in [5, 5.41) is 0. The first-order valence-corrected chi connectivity index (χ1v) is 7.97. The smallest absolute Gasteiger partial charge is 0.107 e. The van der Waals surface area contributed by atoms with Gasteiger partial charge in [-0.15, -0.1) is 0 Å². The van der Waals surface area contributed by atoms with Crippen LogP contribution < -0.4 is 10.6 Å². The Bertz CT molecular complexity index is 469. The van der Waals surface area contributed by atoms with Gasteiger partial charge in [0, 0.05) is 51.1 Å². The van der Waals surface area contributed by atoms with E-state index in [1.807, 2.05) is 18.2 Å². The maximum Gasteiger partial charge on any atom is 0.107 e. The van der Waals surface area contributed by atoms with Crippen LogP contribution in [0.15, 0.2) is 22.7 Å². The van der Waals surface area contributed by atoms with Gasteiger partial charge in [0.2, 0.25) is 0 Å². The summed E-state index contributed by atoms with van der Waals surface area (Å²) in [5.41, 5.74) is 7.67. The fourth-order valence-electron chi connectivity index (χ4n) is 1.90. The molecule has 1 aliphatic heterocycles. The Hall–Kier alpha value is -0.460. The molecule has 0 saturated carbocycles. The molecule has 2 rings (SSSR count). The highest BCUT2D eigenvalue weighted by atomic mass is 79.9. The molecule has 0 bridgehead atoms. The monoisotopic (exact) mass is 332 g/mol. The van der Waals surface area contributed by atoms with Gasteiger partial charge in [-0.1, -0.05) is 18.3 Å². The third kappa shape index (κ3) is 2.86. The van der Waals surface area contributed by atoms with Gasteiger partial charge in [0.05, 0.1) is 0 Å². The molecule has 1 heterocycles. The van der Waals surface area contributed by atoms with Crippen LogP contribution in [0.4, 0.5) is 5.69 Å². The lowest BCUT2D eigenvalue weighted by Gasteiger charge is -2.30. The zero-order chi connectivity index (χ0) is 12.4. The summed E-state index contributed by atoms with van der Waals surface area (Å²) in [7, 11) is -0.675. The average molecular weight is 333 g/mol. The lowest BCUT2D eigenvalue weighted by atomic mass is 10.1. The van der Waals surface area contributed by atoms with Crippen molar-refractivity contribution < 1.29 is 4.21 Å². The van der Waals surface area contributed by atoms with Gasteiger partial charge in [0.15, 0.2) is 0 Å². The van der Waals surface area contributed by atoms with E-state index in [4.69, 9.17) is 18.0 Å². The molecular formula is C11H13BrN2OS2. The molecular weight excluding hydrogens is 320 g/mol. The van der Waals surface area contributed by atoms with Crippen LogP contribution in [0, 0.1) is 0 Å². The predicted molar refractivity (Wildman–Crippen MR) is 80.1 cm³/mol. The molecule has 1 aliphatic rings. The van der Waals surface area contributed by atoms with Crippen molar-refractivity contribution in [1.29, 1.82) is 0 Å². The van der Waals surface area contributed by atoms with Crippen molar-refractivity contribution in [2.24, 2.45) is 5.73 Å². The molecule has 0 radical (unpaired) electrons. The second-order valence-corrected chi connectivity index (χ2v) is 6.82. The number of hydrogen-bond donors (Lipinski definition) is 1. The van der Waals surface area contributed by atoms with E-state index >= 15 is 0 Å². The molecule has 0 atom stereocenters. The molecule has 1 saturated heterocycles. The molecule has 0 aliphatic carbocycles. The van der Waals surface area contributed by atoms with Gasteiger partial charge in [-0.3, -0.25) is 4.21 Å². The lowest BCUT2D eigenvalue weighted by molar-refractivity contribution is 0.673. The fraction of sp³-hybridized carbons (Fsp3) is 0.364. The van der Waals surface area contributed by atoms with Crippen LogP contribution in [-0.2, 0) is 10.8 Å². The number of hydrogen-bond acceptors (Lipinski definition) is 3. The maximum absolute atomic E-state index is 11.4. The van der Waals surface area contributed by atoms with E-state index in [0.717, 1.165) is 28.8 Å². The predicted octanol–water partition coefficient (Wildman–Crippen LogP) is 1.65. The summed E-state index contributed by atoms with van der Waals surface area (Å²) >= 11 is 8.56. The first-order valence-electron chi connectivity index (χ1n) is 5.28. The van der Waals surface area contributed by atoms with Crippen molar-refractivity contribution in [1.82, 2.24) is 0 Å². The average Bonchev–Trinajstić information content (AvgIpc) is 2.29. The molecule has 2 N–H and O–H groups in total. The van der Waals surface area contributed by atoms with Crippen molar-refractivity contribution in [2.75, 3.05) is 29.5 Å². The van der Waals surface area contributed by atoms with Crippen LogP contribution in [0.25, 0.3) is 0 Å². The highest BCUT2D eigenvalue weighted by Crippen LogP contribution is 2.28. The van der Waals surface area contributed by atoms with E-state index in [2.05, 4.69) is 20.8 Å². The SMILES string of the molecule is NC(=S)c1c(Br)cccc1N1CCS(=O)CC1. The van der Waals surface area contributed by atoms with Gasteiger partial charge in [-0.2, -0.15) is 0 Å². The van der Waals surface area contributed by atoms with Gasteiger partial charge in [0.25, 0.3) is 0 Å². The summed E-state index contributed by atoms with van der Waals surface area (Å²) in [5.74, 6) is 1.42. The topological polar surface area (TPSA) is 46.3 Å². The van der Waals surface area contributed by atoms with Gasteiger partial charge in [-0.25, -0.2) is 0 Å². The van der Waals surface area contributed by atoms with E-state index in [0.29, 0.717) is 16.5 Å². The Morgan fingerprint density at radius 1 is 1.41 bits per heavy atom. The Labute approximate surface area is 117 Å². The molecule has 17 heavy (non-hydrogen) atoms. The highest BCUT2D eigenvalue weighted by Gasteiger charge is 2.19. The van der Waals surface area contributed by atoms with Gasteiger partial charge in [-0.05, 0) is 28.1 Å². The van der Waals surface area contributed by atoms with Crippen LogP contribution in [0.2, 0.25) is 0 Å². The minimum atomic E-state index is -0.675. The first-order chi connectivity index (χ1) is 8.09. The first kappa shape index (κ1) is 13.0. The number of thiocarbonyl (C=S) groups is 1. The van der Waals surface area contributed by atoms with Crippen LogP contribution in [0.1, 0.15) is 5.56 Å². The Kier molecular flexibility index (Phi) is 4.17. The van der Waals surface area contributed by atoms with Gasteiger partial charge in [0.1, 0.15) is 4.99 Å². The van der Waals surface area contributed by atoms with Crippen LogP contribution in [0.3, 0.4) is 0 Å². The molecule has 0 aromatic heterocycles. The number of benzene rings is 1. The third-order valence-electron chi connectivity index (χ3n) is 2.76. The number of nitrogens with zero attached hydrogens (tertiary/aromatic N) is 1. The van der Waals surface area contributed by atoms with Crippen molar-refractivity contribution in [2.45, 2.75) is 0 Å². The van der Waals surface area contributed by atoms with Crippen LogP contribution >= 0.6 is 28.1 Å². The van der Waals surface area contributed by atoms with E-state index in [1.54, 1.807) is 0 Å². The standard InChI is InChI=1S/C11H13BrN2OS2/c12-8-2-1-3-9(10(8)11(13)16)14-4-6-17(15)7-5-14/h1-3H,4-7H2,(H2,13,16). The molecule has 0 spiro atoms. The summed E-state index contributed by atoms with van der Waals surface area (Å²) in [6, 6.07) is 5.90. The Morgan fingerprint density at radius 3 is 2.65 bits per heavy atom. The molecule has 0 unspecified atom stereocenters. The highest BCUT2D eigenvalue weighted by molar-refractivity contribution is 9.10. The van der Waals surface area contributed by atoms with E-state index in [9.17, 15) is 4.21 Å². The number of halogens is 1. The van der Waals surface area contributed by atoms with Crippen molar-refractivity contribution in [3.8, 4) is 0 Å². The van der Waals surface area contributed by atoms with Gasteiger partial charge < -0.3 is 10.6 Å². The van der Waals surface area contributed by atoms with E-state index in [1.165, 1.54) is 0 Å². The van der Waals surface area contributed by atoms with E-state index in [-0.39, 0.29) is 0 Å². The number of nitrogens with two attached hydrogens (primary N) is 1. The van der Waals surface area contributed by atoms with E-state index < -0.39 is 10.8 Å². The molecule has 1 aromatic rings. The summed E-state index contributed by atoms with van der Waals surface area (Å²) in [6.07, 6.45) is 0. The molecule has 1 fully saturated rings. The maximum atomic E-state index is 11.4. The third-order valence-corrected chi connectivity index (χ3v) is 4.90. The number of anilines is 1. The number of rotatable bonds is 2. The van der Waals surface area contributed by atoms with Crippen LogP contribution in [0.5, 0.6) is 0 Å². The molecule has 0 amide bonds. The van der Waals surface area contributed by atoms with Crippen molar-refractivity contribution in [3.63, 3.8) is 0 Å². The Balaban J connectivity index is 2.35. The molecule has 1 aromatic carbocycles. The minimum absolute atomic E-state index is 0.388. The zero-order valence-electron chi connectivity index (χ0n) is 9.19. The van der Waals surface area contributed by atoms with Crippen molar-refractivity contribution >= 4 is 49.6 Å². The van der Waals surface area contributed by atoms with Crippen molar-refractivity contribution in [3.05, 3.63) is 28.2 Å². The molecule has 92 valence electrons. The lowest BCUT2D eigenvalue weighted by Crippen LogP contribution is -2.38.